The fourth-order valence-corrected chi connectivity index (χ4v) is 4.60. The predicted octanol–water partition coefficient (Wildman–Crippen LogP) is 0.642. The van der Waals surface area contributed by atoms with E-state index >= 15 is 0 Å². The summed E-state index contributed by atoms with van der Waals surface area (Å²) >= 11 is 0. The molecule has 0 N–H and O–H groups in total. The molecule has 1 aliphatic heterocycles. The van der Waals surface area contributed by atoms with Crippen LogP contribution in [0.25, 0.3) is 0 Å². The Kier molecular flexibility index (Phi) is 4.17. The van der Waals surface area contributed by atoms with E-state index in [1.165, 1.54) is 35.5 Å². The monoisotopic (exact) mass is 301 g/mol. The highest BCUT2D eigenvalue weighted by atomic mass is 32.2. The maximum absolute atomic E-state index is 12.3. The number of nitrogens with zero attached hydrogens (tertiary/aromatic N) is 1. The van der Waals surface area contributed by atoms with Gasteiger partial charge < -0.3 is 0 Å². The number of Topliss-reactive ketones (excluding diaryl/α,β-unsaturated/α-hetero) is 1. The lowest BCUT2D eigenvalue weighted by Gasteiger charge is -2.25. The topological polar surface area (TPSA) is 71.5 Å². The van der Waals surface area contributed by atoms with Gasteiger partial charge in [0.05, 0.1) is 4.90 Å². The number of hydrogen-bond donors (Lipinski definition) is 0. The molecular formula is C12H15NO4S2. The molecule has 0 radical (unpaired) electrons. The van der Waals surface area contributed by atoms with Gasteiger partial charge in [0.25, 0.3) is 0 Å². The number of rotatable bonds is 3. The van der Waals surface area contributed by atoms with Gasteiger partial charge in [0, 0.05) is 41.0 Å². The van der Waals surface area contributed by atoms with Crippen molar-refractivity contribution in [3.63, 3.8) is 0 Å². The van der Waals surface area contributed by atoms with Crippen LogP contribution in [0, 0.1) is 0 Å². The first-order valence-electron chi connectivity index (χ1n) is 5.87. The van der Waals surface area contributed by atoms with Gasteiger partial charge in [0.15, 0.2) is 5.78 Å². The molecule has 1 saturated heterocycles. The number of benzene rings is 1. The molecule has 1 aliphatic rings. The van der Waals surface area contributed by atoms with Crippen LogP contribution >= 0.6 is 0 Å². The molecule has 7 heteroatoms. The van der Waals surface area contributed by atoms with Crippen molar-refractivity contribution < 1.29 is 17.4 Å². The molecule has 0 bridgehead atoms. The van der Waals surface area contributed by atoms with Crippen molar-refractivity contribution in [2.45, 2.75) is 11.8 Å². The zero-order chi connectivity index (χ0) is 14.0. The van der Waals surface area contributed by atoms with Crippen molar-refractivity contribution >= 4 is 26.6 Å². The van der Waals surface area contributed by atoms with Gasteiger partial charge in [-0.15, -0.1) is 0 Å². The Hall–Kier alpha value is -1.05. The lowest BCUT2D eigenvalue weighted by molar-refractivity contribution is 0.101. The van der Waals surface area contributed by atoms with E-state index in [-0.39, 0.29) is 23.8 Å². The first-order chi connectivity index (χ1) is 8.91. The van der Waals surface area contributed by atoms with Crippen molar-refractivity contribution in [1.82, 2.24) is 4.31 Å². The van der Waals surface area contributed by atoms with Crippen molar-refractivity contribution in [3.8, 4) is 0 Å². The molecule has 19 heavy (non-hydrogen) atoms. The van der Waals surface area contributed by atoms with Crippen LogP contribution < -0.4 is 0 Å². The highest BCUT2D eigenvalue weighted by Crippen LogP contribution is 2.18. The lowest BCUT2D eigenvalue weighted by Crippen LogP contribution is -2.41. The summed E-state index contributed by atoms with van der Waals surface area (Å²) in [5, 5.41) is 0. The number of carbonyl (C=O) groups excluding carboxylic acids is 1. The van der Waals surface area contributed by atoms with Gasteiger partial charge in [-0.05, 0) is 19.1 Å². The van der Waals surface area contributed by atoms with Crippen LogP contribution in [-0.4, -0.2) is 47.3 Å². The molecule has 2 rings (SSSR count). The minimum Gasteiger partial charge on any atom is -0.295 e. The summed E-state index contributed by atoms with van der Waals surface area (Å²) in [6.45, 7) is 2.00. The molecule has 1 heterocycles. The quantitative estimate of drug-likeness (QED) is 0.768. The van der Waals surface area contributed by atoms with Gasteiger partial charge in [0.1, 0.15) is 0 Å². The van der Waals surface area contributed by atoms with E-state index in [1.807, 2.05) is 0 Å². The Morgan fingerprint density at radius 2 is 1.68 bits per heavy atom. The Morgan fingerprint density at radius 3 is 2.16 bits per heavy atom. The SMILES string of the molecule is CC(=O)c1ccc(S(=O)(=O)N2CCS(=O)CC2)cc1. The molecule has 0 atom stereocenters. The van der Waals surface area contributed by atoms with Crippen LogP contribution in [0.15, 0.2) is 29.2 Å². The summed E-state index contributed by atoms with van der Waals surface area (Å²) in [4.78, 5) is 11.3. The molecule has 5 nitrogen and oxygen atoms in total. The maximum Gasteiger partial charge on any atom is 0.243 e. The maximum atomic E-state index is 12.3. The average Bonchev–Trinajstić information content (AvgIpc) is 2.39. The largest absolute Gasteiger partial charge is 0.295 e. The van der Waals surface area contributed by atoms with Crippen LogP contribution in [-0.2, 0) is 20.8 Å². The van der Waals surface area contributed by atoms with E-state index in [2.05, 4.69) is 0 Å². The third kappa shape index (κ3) is 3.10. The molecule has 0 unspecified atom stereocenters. The molecule has 1 aromatic rings. The summed E-state index contributed by atoms with van der Waals surface area (Å²) in [7, 11) is -4.45. The number of carbonyl (C=O) groups is 1. The van der Waals surface area contributed by atoms with Gasteiger partial charge >= 0.3 is 0 Å². The smallest absolute Gasteiger partial charge is 0.243 e. The average molecular weight is 301 g/mol. The Balaban J connectivity index is 2.24. The number of hydrogen-bond acceptors (Lipinski definition) is 4. The van der Waals surface area contributed by atoms with E-state index in [1.54, 1.807) is 0 Å². The van der Waals surface area contributed by atoms with Gasteiger partial charge in [-0.3, -0.25) is 9.00 Å². The second-order valence-electron chi connectivity index (χ2n) is 4.33. The first kappa shape index (κ1) is 14.4. The summed E-state index contributed by atoms with van der Waals surface area (Å²) < 4.78 is 37.2. The van der Waals surface area contributed by atoms with E-state index < -0.39 is 20.8 Å². The normalized spacial score (nSPS) is 18.4. The number of ketones is 1. The minimum atomic E-state index is -3.54. The van der Waals surface area contributed by atoms with E-state index in [4.69, 9.17) is 0 Å². The van der Waals surface area contributed by atoms with Crippen LogP contribution in [0.2, 0.25) is 0 Å². The summed E-state index contributed by atoms with van der Waals surface area (Å²) in [6.07, 6.45) is 0. The van der Waals surface area contributed by atoms with Gasteiger partial charge in [-0.25, -0.2) is 8.42 Å². The first-order valence-corrected chi connectivity index (χ1v) is 8.80. The van der Waals surface area contributed by atoms with Gasteiger partial charge in [-0.2, -0.15) is 4.31 Å². The third-order valence-corrected chi connectivity index (χ3v) is 6.22. The van der Waals surface area contributed by atoms with Crippen LogP contribution in [0.4, 0.5) is 0 Å². The Bertz CT molecular complexity index is 597. The fourth-order valence-electron chi connectivity index (χ4n) is 1.87. The van der Waals surface area contributed by atoms with Crippen LogP contribution in [0.1, 0.15) is 17.3 Å². The van der Waals surface area contributed by atoms with Gasteiger partial charge in [0.2, 0.25) is 10.0 Å². The molecule has 0 spiro atoms. The molecule has 0 aromatic heterocycles. The second-order valence-corrected chi connectivity index (χ2v) is 7.97. The fraction of sp³-hybridized carbons (Fsp3) is 0.417. The molecular weight excluding hydrogens is 286 g/mol. The summed E-state index contributed by atoms with van der Waals surface area (Å²) in [6, 6.07) is 5.91. The van der Waals surface area contributed by atoms with Crippen molar-refractivity contribution in [2.24, 2.45) is 0 Å². The van der Waals surface area contributed by atoms with E-state index in [0.717, 1.165) is 0 Å². The molecule has 0 amide bonds. The Labute approximate surface area is 115 Å². The molecule has 104 valence electrons. The van der Waals surface area contributed by atoms with E-state index in [9.17, 15) is 17.4 Å². The molecule has 0 aliphatic carbocycles. The van der Waals surface area contributed by atoms with Crippen LogP contribution in [0.5, 0.6) is 0 Å². The van der Waals surface area contributed by atoms with Crippen molar-refractivity contribution in [2.75, 3.05) is 24.6 Å². The molecule has 1 aromatic carbocycles. The number of sulfonamides is 1. The standard InChI is InChI=1S/C12H15NO4S2/c1-10(14)11-2-4-12(5-3-11)19(16,17)13-6-8-18(15)9-7-13/h2-5H,6-9H2,1H3. The molecule has 1 fully saturated rings. The zero-order valence-electron chi connectivity index (χ0n) is 10.5. The highest BCUT2D eigenvalue weighted by molar-refractivity contribution is 7.89. The summed E-state index contributed by atoms with van der Waals surface area (Å²) in [5.41, 5.74) is 0.485. The molecule has 0 saturated carbocycles. The van der Waals surface area contributed by atoms with Crippen molar-refractivity contribution in [1.29, 1.82) is 0 Å². The lowest BCUT2D eigenvalue weighted by atomic mass is 10.2. The van der Waals surface area contributed by atoms with Crippen molar-refractivity contribution in [3.05, 3.63) is 29.8 Å². The summed E-state index contributed by atoms with van der Waals surface area (Å²) in [5.74, 6) is 0.660. The minimum absolute atomic E-state index is 0.0997. The zero-order valence-corrected chi connectivity index (χ0v) is 12.2. The Morgan fingerprint density at radius 1 is 1.16 bits per heavy atom. The van der Waals surface area contributed by atoms with Crippen LogP contribution in [0.3, 0.4) is 0 Å². The highest BCUT2D eigenvalue weighted by Gasteiger charge is 2.27. The van der Waals surface area contributed by atoms with Gasteiger partial charge in [-0.1, -0.05) is 12.1 Å². The predicted molar refractivity (Wildman–Crippen MR) is 73.1 cm³/mol. The third-order valence-electron chi connectivity index (χ3n) is 3.04. The van der Waals surface area contributed by atoms with E-state index in [0.29, 0.717) is 17.1 Å². The second kappa shape index (κ2) is 5.52.